The molecule has 2 rings (SSSR count). The summed E-state index contributed by atoms with van der Waals surface area (Å²) in [6.07, 6.45) is 0. The van der Waals surface area contributed by atoms with Crippen LogP contribution >= 0.6 is 11.6 Å². The van der Waals surface area contributed by atoms with Crippen LogP contribution in [0.5, 0.6) is 0 Å². The average molecular weight is 250 g/mol. The molecule has 4 heteroatoms. The van der Waals surface area contributed by atoms with Crippen LogP contribution < -0.4 is 5.73 Å². The van der Waals surface area contributed by atoms with Gasteiger partial charge in [-0.05, 0) is 6.92 Å². The number of nitrogens with two attached hydrogens (primary N) is 1. The minimum absolute atomic E-state index is 0.199. The van der Waals surface area contributed by atoms with Gasteiger partial charge in [0.25, 0.3) is 0 Å². The van der Waals surface area contributed by atoms with E-state index in [2.05, 4.69) is 9.97 Å². The second-order valence-corrected chi connectivity index (χ2v) is 3.57. The predicted octanol–water partition coefficient (Wildman–Crippen LogP) is 3.71. The molecule has 0 unspecified atom stereocenters. The largest absolute Gasteiger partial charge is 0.368 e. The fraction of sp³-hybridized carbons (Fsp3) is 0.231. The lowest BCUT2D eigenvalue weighted by atomic mass is 10.1. The standard InChI is InChI=1S/C11H10ClN3.C2H6/c1-7-9(8-5-3-2-4-6-8)14-11(13)15-10(7)12;1-2/h2-6H,1H3,(H2,13,14,15);1-2H3. The van der Waals surface area contributed by atoms with E-state index >= 15 is 0 Å². The molecule has 0 saturated carbocycles. The van der Waals surface area contributed by atoms with Gasteiger partial charge in [0.05, 0.1) is 5.69 Å². The van der Waals surface area contributed by atoms with Gasteiger partial charge >= 0.3 is 0 Å². The first-order chi connectivity index (χ1) is 8.18. The van der Waals surface area contributed by atoms with Gasteiger partial charge in [0, 0.05) is 11.1 Å². The van der Waals surface area contributed by atoms with E-state index in [9.17, 15) is 0 Å². The van der Waals surface area contributed by atoms with E-state index in [4.69, 9.17) is 17.3 Å². The molecule has 0 bridgehead atoms. The average Bonchev–Trinajstić information content (AvgIpc) is 2.37. The molecular formula is C13H16ClN3. The van der Waals surface area contributed by atoms with Crippen LogP contribution in [-0.4, -0.2) is 9.97 Å². The Kier molecular flexibility index (Phi) is 4.91. The van der Waals surface area contributed by atoms with Crippen molar-refractivity contribution in [2.24, 2.45) is 0 Å². The van der Waals surface area contributed by atoms with Crippen LogP contribution in [-0.2, 0) is 0 Å². The molecule has 0 saturated heterocycles. The number of hydrogen-bond donors (Lipinski definition) is 1. The number of anilines is 1. The first-order valence-electron chi connectivity index (χ1n) is 5.53. The fourth-order valence-corrected chi connectivity index (χ4v) is 1.56. The van der Waals surface area contributed by atoms with E-state index in [0.717, 1.165) is 16.8 Å². The van der Waals surface area contributed by atoms with Crippen LogP contribution in [0.15, 0.2) is 30.3 Å². The molecule has 3 nitrogen and oxygen atoms in total. The summed E-state index contributed by atoms with van der Waals surface area (Å²) in [4.78, 5) is 8.08. The Balaban J connectivity index is 0.000000686. The Bertz CT molecular complexity index is 484. The summed E-state index contributed by atoms with van der Waals surface area (Å²) >= 11 is 5.94. The molecule has 17 heavy (non-hydrogen) atoms. The number of rotatable bonds is 1. The van der Waals surface area contributed by atoms with Crippen molar-refractivity contribution >= 4 is 17.5 Å². The van der Waals surface area contributed by atoms with Gasteiger partial charge < -0.3 is 5.73 Å². The Morgan fingerprint density at radius 1 is 1.06 bits per heavy atom. The zero-order chi connectivity index (χ0) is 12.8. The molecule has 2 aromatic rings. The summed E-state index contributed by atoms with van der Waals surface area (Å²) in [5, 5.41) is 0.404. The lowest BCUT2D eigenvalue weighted by Crippen LogP contribution is -1.99. The van der Waals surface area contributed by atoms with Crippen LogP contribution in [0.3, 0.4) is 0 Å². The summed E-state index contributed by atoms with van der Waals surface area (Å²) in [5.74, 6) is 0.199. The van der Waals surface area contributed by atoms with Gasteiger partial charge in [-0.15, -0.1) is 0 Å². The fourth-order valence-electron chi connectivity index (χ4n) is 1.38. The number of aromatic nitrogens is 2. The lowest BCUT2D eigenvalue weighted by Gasteiger charge is -2.06. The number of benzene rings is 1. The van der Waals surface area contributed by atoms with Crippen molar-refractivity contribution in [2.45, 2.75) is 20.8 Å². The highest BCUT2D eigenvalue weighted by molar-refractivity contribution is 6.30. The Morgan fingerprint density at radius 2 is 1.65 bits per heavy atom. The van der Waals surface area contributed by atoms with Gasteiger partial charge in [-0.3, -0.25) is 0 Å². The van der Waals surface area contributed by atoms with E-state index in [1.54, 1.807) is 0 Å². The van der Waals surface area contributed by atoms with E-state index < -0.39 is 0 Å². The van der Waals surface area contributed by atoms with Crippen molar-refractivity contribution in [2.75, 3.05) is 5.73 Å². The van der Waals surface area contributed by atoms with Crippen molar-refractivity contribution in [3.05, 3.63) is 41.0 Å². The van der Waals surface area contributed by atoms with Crippen LogP contribution in [0.2, 0.25) is 5.15 Å². The van der Waals surface area contributed by atoms with Crippen molar-refractivity contribution in [1.29, 1.82) is 0 Å². The zero-order valence-electron chi connectivity index (χ0n) is 10.2. The molecule has 0 aliphatic rings. The number of nitrogens with zero attached hydrogens (tertiary/aromatic N) is 2. The van der Waals surface area contributed by atoms with Crippen LogP contribution in [0.25, 0.3) is 11.3 Å². The topological polar surface area (TPSA) is 51.8 Å². The third-order valence-corrected chi connectivity index (χ3v) is 2.52. The molecule has 90 valence electrons. The van der Waals surface area contributed by atoms with Gasteiger partial charge in [-0.25, -0.2) is 9.97 Å². The summed E-state index contributed by atoms with van der Waals surface area (Å²) < 4.78 is 0. The van der Waals surface area contributed by atoms with Crippen molar-refractivity contribution in [3.8, 4) is 11.3 Å². The predicted molar refractivity (Wildman–Crippen MR) is 73.0 cm³/mol. The minimum atomic E-state index is 0.199. The quantitative estimate of drug-likeness (QED) is 0.784. The molecule has 1 aromatic heterocycles. The maximum atomic E-state index is 5.94. The monoisotopic (exact) mass is 249 g/mol. The Labute approximate surface area is 107 Å². The summed E-state index contributed by atoms with van der Waals surface area (Å²) in [6, 6.07) is 9.77. The molecule has 0 amide bonds. The molecule has 1 aromatic carbocycles. The smallest absolute Gasteiger partial charge is 0.222 e. The molecule has 0 aliphatic heterocycles. The van der Waals surface area contributed by atoms with Crippen LogP contribution in [0.1, 0.15) is 19.4 Å². The number of halogens is 1. The van der Waals surface area contributed by atoms with Crippen molar-refractivity contribution in [1.82, 2.24) is 9.97 Å². The second kappa shape index (κ2) is 6.21. The molecular weight excluding hydrogens is 234 g/mol. The molecule has 0 radical (unpaired) electrons. The third kappa shape index (κ3) is 3.17. The molecule has 0 aliphatic carbocycles. The van der Waals surface area contributed by atoms with Gasteiger partial charge in [0.1, 0.15) is 5.15 Å². The first-order valence-corrected chi connectivity index (χ1v) is 5.91. The van der Waals surface area contributed by atoms with E-state index in [1.165, 1.54) is 0 Å². The normalized spacial score (nSPS) is 9.41. The van der Waals surface area contributed by atoms with Gasteiger partial charge in [-0.1, -0.05) is 55.8 Å². The van der Waals surface area contributed by atoms with Crippen LogP contribution in [0, 0.1) is 6.92 Å². The summed E-state index contributed by atoms with van der Waals surface area (Å²) in [5.41, 5.74) is 8.18. The molecule has 0 atom stereocenters. The highest BCUT2D eigenvalue weighted by Crippen LogP contribution is 2.25. The van der Waals surface area contributed by atoms with Gasteiger partial charge in [-0.2, -0.15) is 0 Å². The SMILES string of the molecule is CC.Cc1c(Cl)nc(N)nc1-c1ccccc1. The second-order valence-electron chi connectivity index (χ2n) is 3.21. The minimum Gasteiger partial charge on any atom is -0.368 e. The van der Waals surface area contributed by atoms with Gasteiger partial charge in [0.2, 0.25) is 5.95 Å². The highest BCUT2D eigenvalue weighted by atomic mass is 35.5. The van der Waals surface area contributed by atoms with Crippen molar-refractivity contribution < 1.29 is 0 Å². The molecule has 2 N–H and O–H groups in total. The van der Waals surface area contributed by atoms with E-state index in [0.29, 0.717) is 5.15 Å². The van der Waals surface area contributed by atoms with Crippen molar-refractivity contribution in [3.63, 3.8) is 0 Å². The summed E-state index contributed by atoms with van der Waals surface area (Å²) in [6.45, 7) is 5.88. The van der Waals surface area contributed by atoms with Crippen LogP contribution in [0.4, 0.5) is 5.95 Å². The summed E-state index contributed by atoms with van der Waals surface area (Å²) in [7, 11) is 0. The number of nitrogen functional groups attached to an aromatic ring is 1. The highest BCUT2D eigenvalue weighted by Gasteiger charge is 2.08. The van der Waals surface area contributed by atoms with Gasteiger partial charge in [0.15, 0.2) is 0 Å². The van der Waals surface area contributed by atoms with E-state index in [1.807, 2.05) is 51.1 Å². The molecule has 0 fully saturated rings. The lowest BCUT2D eigenvalue weighted by molar-refractivity contribution is 1.15. The zero-order valence-corrected chi connectivity index (χ0v) is 11.0. The third-order valence-electron chi connectivity index (χ3n) is 2.15. The first kappa shape index (κ1) is 13.5. The number of hydrogen-bond acceptors (Lipinski definition) is 3. The maximum Gasteiger partial charge on any atom is 0.222 e. The van der Waals surface area contributed by atoms with E-state index in [-0.39, 0.29) is 5.95 Å². The molecule has 0 spiro atoms. The molecule has 1 heterocycles. The Morgan fingerprint density at radius 3 is 2.24 bits per heavy atom. The Hall–Kier alpha value is -1.61. The maximum absolute atomic E-state index is 5.94.